The van der Waals surface area contributed by atoms with Crippen LogP contribution in [0, 0.1) is 6.92 Å². The summed E-state index contributed by atoms with van der Waals surface area (Å²) in [7, 11) is 0. The summed E-state index contributed by atoms with van der Waals surface area (Å²) in [5.41, 5.74) is 4.03. The lowest BCUT2D eigenvalue weighted by Gasteiger charge is -2.36. The SMILES string of the molecule is CCCn1c(C2(CC)CCNCC2)nc2cc(C)ccc21. The molecule has 3 rings (SSSR count). The van der Waals surface area contributed by atoms with Gasteiger partial charge in [0.15, 0.2) is 0 Å². The number of fused-ring (bicyclic) bond motifs is 1. The molecule has 0 radical (unpaired) electrons. The van der Waals surface area contributed by atoms with Gasteiger partial charge in [-0.15, -0.1) is 0 Å². The Balaban J connectivity index is 2.17. The second-order valence-corrected chi connectivity index (χ2v) is 6.46. The summed E-state index contributed by atoms with van der Waals surface area (Å²) in [6.45, 7) is 10.0. The maximum Gasteiger partial charge on any atom is 0.116 e. The van der Waals surface area contributed by atoms with Crippen molar-refractivity contribution >= 4 is 11.0 Å². The average Bonchev–Trinajstić information content (AvgIpc) is 2.87. The zero-order valence-electron chi connectivity index (χ0n) is 13.6. The molecule has 0 atom stereocenters. The van der Waals surface area contributed by atoms with Crippen LogP contribution in [0.25, 0.3) is 11.0 Å². The molecular formula is C18H27N3. The molecule has 114 valence electrons. The largest absolute Gasteiger partial charge is 0.328 e. The number of imidazole rings is 1. The van der Waals surface area contributed by atoms with Crippen molar-refractivity contribution in [1.29, 1.82) is 0 Å². The zero-order chi connectivity index (χ0) is 14.9. The van der Waals surface area contributed by atoms with Crippen LogP contribution in [-0.2, 0) is 12.0 Å². The van der Waals surface area contributed by atoms with Gasteiger partial charge in [-0.25, -0.2) is 4.98 Å². The first-order valence-corrected chi connectivity index (χ1v) is 8.38. The van der Waals surface area contributed by atoms with Gasteiger partial charge in [0.25, 0.3) is 0 Å². The third-order valence-corrected chi connectivity index (χ3v) is 5.06. The molecule has 1 aromatic heterocycles. The van der Waals surface area contributed by atoms with E-state index >= 15 is 0 Å². The number of piperidine rings is 1. The molecule has 0 aliphatic carbocycles. The molecule has 21 heavy (non-hydrogen) atoms. The molecule has 2 heterocycles. The molecular weight excluding hydrogens is 258 g/mol. The van der Waals surface area contributed by atoms with E-state index in [1.54, 1.807) is 0 Å². The average molecular weight is 285 g/mol. The number of benzene rings is 1. The fraction of sp³-hybridized carbons (Fsp3) is 0.611. The van der Waals surface area contributed by atoms with E-state index in [0.717, 1.165) is 26.1 Å². The molecule has 1 aliphatic heterocycles. The first-order valence-electron chi connectivity index (χ1n) is 8.38. The maximum atomic E-state index is 5.09. The van der Waals surface area contributed by atoms with E-state index in [2.05, 4.69) is 48.9 Å². The number of aryl methyl sites for hydroxylation is 2. The van der Waals surface area contributed by atoms with Crippen LogP contribution in [0.15, 0.2) is 18.2 Å². The van der Waals surface area contributed by atoms with Gasteiger partial charge in [0, 0.05) is 12.0 Å². The van der Waals surface area contributed by atoms with Gasteiger partial charge in [0.05, 0.1) is 11.0 Å². The Bertz CT molecular complexity index is 621. The minimum absolute atomic E-state index is 0.257. The van der Waals surface area contributed by atoms with Gasteiger partial charge in [0.1, 0.15) is 5.82 Å². The predicted octanol–water partition coefficient (Wildman–Crippen LogP) is 3.79. The minimum Gasteiger partial charge on any atom is -0.328 e. The Labute approximate surface area is 127 Å². The third-order valence-electron chi connectivity index (χ3n) is 5.06. The summed E-state index contributed by atoms with van der Waals surface area (Å²) < 4.78 is 2.49. The van der Waals surface area contributed by atoms with Gasteiger partial charge in [-0.3, -0.25) is 0 Å². The van der Waals surface area contributed by atoms with Gasteiger partial charge < -0.3 is 9.88 Å². The molecule has 1 aromatic carbocycles. The summed E-state index contributed by atoms with van der Waals surface area (Å²) in [6.07, 6.45) is 4.75. The summed E-state index contributed by atoms with van der Waals surface area (Å²) in [4.78, 5) is 5.09. The Morgan fingerprint density at radius 1 is 1.24 bits per heavy atom. The topological polar surface area (TPSA) is 29.9 Å². The van der Waals surface area contributed by atoms with Crippen molar-refractivity contribution in [1.82, 2.24) is 14.9 Å². The van der Waals surface area contributed by atoms with Crippen LogP contribution in [0.2, 0.25) is 0 Å². The molecule has 0 amide bonds. The number of nitrogens with zero attached hydrogens (tertiary/aromatic N) is 2. The Kier molecular flexibility index (Phi) is 4.03. The van der Waals surface area contributed by atoms with Crippen molar-refractivity contribution < 1.29 is 0 Å². The Morgan fingerprint density at radius 2 is 2.00 bits per heavy atom. The lowest BCUT2D eigenvalue weighted by molar-refractivity contribution is 0.274. The fourth-order valence-electron chi connectivity index (χ4n) is 3.74. The second-order valence-electron chi connectivity index (χ2n) is 6.46. The molecule has 0 saturated carbocycles. The maximum absolute atomic E-state index is 5.09. The van der Waals surface area contributed by atoms with Crippen molar-refractivity contribution in [3.63, 3.8) is 0 Å². The summed E-state index contributed by atoms with van der Waals surface area (Å²) in [5.74, 6) is 1.33. The van der Waals surface area contributed by atoms with Crippen LogP contribution in [0.3, 0.4) is 0 Å². The van der Waals surface area contributed by atoms with E-state index < -0.39 is 0 Å². The number of hydrogen-bond donors (Lipinski definition) is 1. The van der Waals surface area contributed by atoms with Crippen molar-refractivity contribution in [3.8, 4) is 0 Å². The van der Waals surface area contributed by atoms with E-state index in [1.165, 1.54) is 41.7 Å². The minimum atomic E-state index is 0.257. The van der Waals surface area contributed by atoms with Gasteiger partial charge in [-0.1, -0.05) is 19.9 Å². The van der Waals surface area contributed by atoms with E-state index in [9.17, 15) is 0 Å². The molecule has 3 nitrogen and oxygen atoms in total. The quantitative estimate of drug-likeness (QED) is 0.926. The number of hydrogen-bond acceptors (Lipinski definition) is 2. The lowest BCUT2D eigenvalue weighted by atomic mass is 9.76. The Hall–Kier alpha value is -1.35. The van der Waals surface area contributed by atoms with Crippen molar-refractivity contribution in [2.24, 2.45) is 0 Å². The van der Waals surface area contributed by atoms with Crippen LogP contribution >= 0.6 is 0 Å². The number of rotatable bonds is 4. The lowest BCUT2D eigenvalue weighted by Crippen LogP contribution is -2.41. The van der Waals surface area contributed by atoms with Gasteiger partial charge >= 0.3 is 0 Å². The monoisotopic (exact) mass is 285 g/mol. The molecule has 0 unspecified atom stereocenters. The van der Waals surface area contributed by atoms with Crippen LogP contribution in [0.4, 0.5) is 0 Å². The van der Waals surface area contributed by atoms with E-state index in [-0.39, 0.29) is 5.41 Å². The standard InChI is InChI=1S/C18H27N3/c1-4-12-21-16-7-6-14(3)13-15(16)20-17(21)18(5-2)8-10-19-11-9-18/h6-7,13,19H,4-5,8-12H2,1-3H3. The highest BCUT2D eigenvalue weighted by atomic mass is 15.1. The summed E-state index contributed by atoms with van der Waals surface area (Å²) in [6, 6.07) is 6.69. The number of aromatic nitrogens is 2. The van der Waals surface area contributed by atoms with E-state index in [4.69, 9.17) is 4.98 Å². The van der Waals surface area contributed by atoms with Crippen molar-refractivity contribution in [2.75, 3.05) is 13.1 Å². The predicted molar refractivity (Wildman–Crippen MR) is 88.8 cm³/mol. The van der Waals surface area contributed by atoms with Gasteiger partial charge in [-0.05, 0) is 63.4 Å². The molecule has 1 saturated heterocycles. The molecule has 1 aliphatic rings. The van der Waals surface area contributed by atoms with Crippen LogP contribution in [-0.4, -0.2) is 22.6 Å². The van der Waals surface area contributed by atoms with Crippen LogP contribution < -0.4 is 5.32 Å². The highest BCUT2D eigenvalue weighted by Crippen LogP contribution is 2.38. The van der Waals surface area contributed by atoms with E-state index in [0.29, 0.717) is 0 Å². The third kappa shape index (κ3) is 2.48. The molecule has 0 spiro atoms. The molecule has 2 aromatic rings. The van der Waals surface area contributed by atoms with Crippen LogP contribution in [0.1, 0.15) is 50.9 Å². The van der Waals surface area contributed by atoms with Gasteiger partial charge in [-0.2, -0.15) is 0 Å². The first kappa shape index (κ1) is 14.6. The van der Waals surface area contributed by atoms with Crippen LogP contribution in [0.5, 0.6) is 0 Å². The zero-order valence-corrected chi connectivity index (χ0v) is 13.6. The summed E-state index contributed by atoms with van der Waals surface area (Å²) >= 11 is 0. The first-order chi connectivity index (χ1) is 10.2. The molecule has 1 fully saturated rings. The highest BCUT2D eigenvalue weighted by Gasteiger charge is 2.36. The normalized spacial score (nSPS) is 18.2. The second kappa shape index (κ2) is 5.80. The molecule has 3 heteroatoms. The number of nitrogens with one attached hydrogen (secondary N) is 1. The fourth-order valence-corrected chi connectivity index (χ4v) is 3.74. The molecule has 0 bridgehead atoms. The summed E-state index contributed by atoms with van der Waals surface area (Å²) in [5, 5.41) is 3.50. The Morgan fingerprint density at radius 3 is 2.67 bits per heavy atom. The van der Waals surface area contributed by atoms with Gasteiger partial charge in [0.2, 0.25) is 0 Å². The van der Waals surface area contributed by atoms with Crippen molar-refractivity contribution in [3.05, 3.63) is 29.6 Å². The smallest absolute Gasteiger partial charge is 0.116 e. The highest BCUT2D eigenvalue weighted by molar-refractivity contribution is 5.77. The van der Waals surface area contributed by atoms with Crippen molar-refractivity contribution in [2.45, 2.75) is 58.4 Å². The van der Waals surface area contributed by atoms with E-state index in [1.807, 2.05) is 0 Å². The molecule has 1 N–H and O–H groups in total.